The molecule has 1 atom stereocenters. The van der Waals surface area contributed by atoms with E-state index in [9.17, 15) is 4.39 Å². The zero-order valence-electron chi connectivity index (χ0n) is 12.8. The lowest BCUT2D eigenvalue weighted by Crippen LogP contribution is -2.28. The first-order valence-corrected chi connectivity index (χ1v) is 8.56. The van der Waals surface area contributed by atoms with Crippen LogP contribution < -0.4 is 14.5 Å². The minimum atomic E-state index is -0.364. The lowest BCUT2D eigenvalue weighted by Gasteiger charge is -2.27. The Labute approximate surface area is 142 Å². The molecule has 2 aromatic heterocycles. The van der Waals surface area contributed by atoms with Crippen LogP contribution in [0.4, 0.5) is 10.2 Å². The van der Waals surface area contributed by atoms with E-state index in [1.165, 1.54) is 17.1 Å². The van der Waals surface area contributed by atoms with Crippen LogP contribution in [0.3, 0.4) is 0 Å². The molecule has 0 aromatic carbocycles. The molecule has 2 aromatic rings. The summed E-state index contributed by atoms with van der Waals surface area (Å²) in [4.78, 5) is 13.3. The van der Waals surface area contributed by atoms with Gasteiger partial charge in [-0.25, -0.2) is 9.37 Å². The molecule has 0 amide bonds. The second kappa shape index (κ2) is 7.16. The van der Waals surface area contributed by atoms with Gasteiger partial charge in [-0.15, -0.1) is 5.10 Å². The number of methoxy groups -OCH3 is 1. The number of aromatic nitrogens is 3. The summed E-state index contributed by atoms with van der Waals surface area (Å²) in [5.74, 6) is 0.937. The first-order chi connectivity index (χ1) is 11.2. The molecular weight excluding hydrogens is 367 g/mol. The highest BCUT2D eigenvalue weighted by atomic mass is 79.9. The van der Waals surface area contributed by atoms with Crippen molar-refractivity contribution in [1.29, 1.82) is 0 Å². The second-order valence-electron chi connectivity index (χ2n) is 5.19. The van der Waals surface area contributed by atoms with Crippen molar-refractivity contribution in [3.63, 3.8) is 0 Å². The molecule has 8 heteroatoms. The van der Waals surface area contributed by atoms with Crippen LogP contribution in [0.5, 0.6) is 5.88 Å². The third-order valence-electron chi connectivity index (χ3n) is 3.83. The number of halogens is 2. The number of hydrogen-bond acceptors (Lipinski definition) is 5. The highest BCUT2D eigenvalue weighted by molar-refractivity contribution is 9.09. The Morgan fingerprint density at radius 1 is 1.48 bits per heavy atom. The van der Waals surface area contributed by atoms with E-state index < -0.39 is 0 Å². The van der Waals surface area contributed by atoms with Crippen LogP contribution in [0.25, 0.3) is 0 Å². The number of alkyl halides is 1. The molecule has 0 N–H and O–H groups in total. The minimum Gasteiger partial charge on any atom is -0.481 e. The molecule has 23 heavy (non-hydrogen) atoms. The van der Waals surface area contributed by atoms with Gasteiger partial charge in [0.05, 0.1) is 25.5 Å². The van der Waals surface area contributed by atoms with Gasteiger partial charge in [0, 0.05) is 23.5 Å². The second-order valence-corrected chi connectivity index (χ2v) is 5.98. The lowest BCUT2D eigenvalue weighted by atomic mass is 10.1. The largest absolute Gasteiger partial charge is 0.481 e. The fraction of sp³-hybridized carbons (Fsp3) is 0.467. The van der Waals surface area contributed by atoms with Crippen molar-refractivity contribution in [3.8, 4) is 5.88 Å². The van der Waals surface area contributed by atoms with Gasteiger partial charge in [0.2, 0.25) is 5.88 Å². The number of anilines is 1. The molecule has 0 radical (unpaired) electrons. The molecule has 0 unspecified atom stereocenters. The van der Waals surface area contributed by atoms with Crippen LogP contribution >= 0.6 is 15.9 Å². The van der Waals surface area contributed by atoms with Gasteiger partial charge < -0.3 is 14.5 Å². The van der Waals surface area contributed by atoms with Gasteiger partial charge in [-0.05, 0) is 18.9 Å². The summed E-state index contributed by atoms with van der Waals surface area (Å²) in [6.45, 7) is 1.35. The molecular formula is C15H18BrFN4O2. The summed E-state index contributed by atoms with van der Waals surface area (Å²) < 4.78 is 19.0. The third-order valence-corrected chi connectivity index (χ3v) is 4.15. The molecule has 3 rings (SSSR count). The Morgan fingerprint density at radius 3 is 3.13 bits per heavy atom. The van der Waals surface area contributed by atoms with E-state index >= 15 is 0 Å². The molecule has 6 nitrogen and oxygen atoms in total. The number of ether oxygens (including phenoxy) is 1. The maximum atomic E-state index is 13.7. The molecule has 0 saturated carbocycles. The summed E-state index contributed by atoms with van der Waals surface area (Å²) in [6, 6.07) is 3.37. The average Bonchev–Trinajstić information content (AvgIpc) is 3.21. The van der Waals surface area contributed by atoms with Crippen LogP contribution in [-0.2, 0) is 0 Å². The Kier molecular flexibility index (Phi) is 5.00. The highest BCUT2D eigenvalue weighted by Gasteiger charge is 2.31. The van der Waals surface area contributed by atoms with E-state index in [-0.39, 0.29) is 11.9 Å². The number of nitrogens with zero attached hydrogens (tertiary/aromatic N) is 4. The normalized spacial score (nSPS) is 17.5. The van der Waals surface area contributed by atoms with E-state index in [2.05, 4.69) is 30.9 Å². The Morgan fingerprint density at radius 2 is 2.35 bits per heavy atom. The van der Waals surface area contributed by atoms with Gasteiger partial charge in [-0.2, -0.15) is 0 Å². The summed E-state index contributed by atoms with van der Waals surface area (Å²) in [5, 5.41) is 4.92. The van der Waals surface area contributed by atoms with E-state index in [1.54, 1.807) is 13.3 Å². The molecule has 124 valence electrons. The van der Waals surface area contributed by atoms with Crippen LogP contribution in [-0.4, -0.2) is 40.5 Å². The van der Waals surface area contributed by atoms with Crippen molar-refractivity contribution in [3.05, 3.63) is 35.9 Å². The van der Waals surface area contributed by atoms with Crippen molar-refractivity contribution in [2.45, 2.75) is 18.9 Å². The van der Waals surface area contributed by atoms with Crippen molar-refractivity contribution >= 4 is 21.7 Å². The Bertz CT molecular complexity index is 667. The van der Waals surface area contributed by atoms with Gasteiger partial charge in [0.1, 0.15) is 12.4 Å². The van der Waals surface area contributed by atoms with Gasteiger partial charge in [-0.1, -0.05) is 20.8 Å². The Hall–Kier alpha value is -1.83. The fourth-order valence-corrected chi connectivity index (χ4v) is 3.07. The smallest absolute Gasteiger partial charge is 0.218 e. The van der Waals surface area contributed by atoms with Crippen LogP contribution in [0, 0.1) is 5.82 Å². The molecule has 1 saturated heterocycles. The van der Waals surface area contributed by atoms with Crippen molar-refractivity contribution in [2.75, 3.05) is 30.5 Å². The molecule has 0 aliphatic carbocycles. The molecule has 3 heterocycles. The van der Waals surface area contributed by atoms with Crippen LogP contribution in [0.2, 0.25) is 0 Å². The lowest BCUT2D eigenvalue weighted by molar-refractivity contribution is 0.0975. The fourth-order valence-electron chi connectivity index (χ4n) is 2.93. The summed E-state index contributed by atoms with van der Waals surface area (Å²) >= 11 is 3.33. The van der Waals surface area contributed by atoms with E-state index in [4.69, 9.17) is 9.57 Å². The number of rotatable bonds is 6. The van der Waals surface area contributed by atoms with Gasteiger partial charge in [0.15, 0.2) is 5.82 Å². The zero-order chi connectivity index (χ0) is 16.2. The standard InChI is InChI=1S/C15H18BrFN4O2/c1-22-15-12(9-11(17)10-18-15)13-3-2-7-20(13)14-4-6-19-21(14)23-8-5-16/h4,6,9-10,13H,2-3,5,7-8H2,1H3/t13-/m1/s1. The third kappa shape index (κ3) is 3.26. The van der Waals surface area contributed by atoms with Crippen LogP contribution in [0.1, 0.15) is 24.4 Å². The van der Waals surface area contributed by atoms with Crippen LogP contribution in [0.15, 0.2) is 24.5 Å². The Balaban J connectivity index is 1.92. The summed E-state index contributed by atoms with van der Waals surface area (Å²) in [5.41, 5.74) is 0.748. The summed E-state index contributed by atoms with van der Waals surface area (Å²) in [6.07, 6.45) is 4.75. The molecule has 1 aliphatic rings. The van der Waals surface area contributed by atoms with Crippen molar-refractivity contribution in [2.24, 2.45) is 0 Å². The predicted molar refractivity (Wildman–Crippen MR) is 87.5 cm³/mol. The quantitative estimate of drug-likeness (QED) is 0.716. The molecule has 0 spiro atoms. The predicted octanol–water partition coefficient (Wildman–Crippen LogP) is 2.59. The van der Waals surface area contributed by atoms with Crippen molar-refractivity contribution in [1.82, 2.24) is 14.9 Å². The first kappa shape index (κ1) is 16.0. The van der Waals surface area contributed by atoms with E-state index in [0.29, 0.717) is 12.5 Å². The molecule has 1 aliphatic heterocycles. The first-order valence-electron chi connectivity index (χ1n) is 7.44. The van der Waals surface area contributed by atoms with Gasteiger partial charge >= 0.3 is 0 Å². The number of pyridine rings is 1. The van der Waals surface area contributed by atoms with E-state index in [1.807, 2.05) is 6.07 Å². The number of hydrogen-bond donors (Lipinski definition) is 0. The highest BCUT2D eigenvalue weighted by Crippen LogP contribution is 2.39. The SMILES string of the molecule is COc1ncc(F)cc1[C@H]1CCCN1c1ccnn1OCCBr. The maximum absolute atomic E-state index is 13.7. The monoisotopic (exact) mass is 384 g/mol. The minimum absolute atomic E-state index is 0.0174. The topological polar surface area (TPSA) is 52.4 Å². The van der Waals surface area contributed by atoms with Crippen molar-refractivity contribution < 1.29 is 14.0 Å². The average molecular weight is 385 g/mol. The molecule has 0 bridgehead atoms. The van der Waals surface area contributed by atoms with Gasteiger partial charge in [-0.3, -0.25) is 0 Å². The van der Waals surface area contributed by atoms with Gasteiger partial charge in [0.25, 0.3) is 0 Å². The maximum Gasteiger partial charge on any atom is 0.218 e. The summed E-state index contributed by atoms with van der Waals surface area (Å²) in [7, 11) is 1.55. The van der Waals surface area contributed by atoms with E-state index in [0.717, 1.165) is 36.1 Å². The zero-order valence-corrected chi connectivity index (χ0v) is 14.4. The molecule has 1 fully saturated rings.